The molecule has 0 spiro atoms. The average molecular weight is 296 g/mol. The van der Waals surface area contributed by atoms with Gasteiger partial charge in [-0.05, 0) is 29.3 Å². The monoisotopic (exact) mass is 294 g/mol. The maximum absolute atomic E-state index is 10.8. The largest absolute Gasteiger partial charge is 0.298 e. The first-order chi connectivity index (χ1) is 7.72. The van der Waals surface area contributed by atoms with E-state index >= 15 is 0 Å². The molecule has 0 bridgehead atoms. The minimum atomic E-state index is 0.478. The zero-order chi connectivity index (χ0) is 11.5. The van der Waals surface area contributed by atoms with E-state index in [2.05, 4.69) is 15.9 Å². The smallest absolute Gasteiger partial charge is 0.151 e. The second kappa shape index (κ2) is 4.81. The van der Waals surface area contributed by atoms with Gasteiger partial charge in [0.2, 0.25) is 0 Å². The van der Waals surface area contributed by atoms with Crippen molar-refractivity contribution in [3.63, 3.8) is 0 Å². The summed E-state index contributed by atoms with van der Waals surface area (Å²) in [6, 6.07) is 13.3. The highest BCUT2D eigenvalue weighted by molar-refractivity contribution is 9.10. The second-order valence-corrected chi connectivity index (χ2v) is 4.60. The van der Waals surface area contributed by atoms with Crippen LogP contribution in [0.15, 0.2) is 46.9 Å². The number of benzene rings is 2. The van der Waals surface area contributed by atoms with Crippen LogP contribution < -0.4 is 0 Å². The number of hydrogen-bond donors (Lipinski definition) is 0. The Kier molecular flexibility index (Phi) is 3.42. The highest BCUT2D eigenvalue weighted by Gasteiger charge is 2.05. The second-order valence-electron chi connectivity index (χ2n) is 3.33. The molecule has 0 aliphatic carbocycles. The molecule has 0 aromatic heterocycles. The molecule has 0 atom stereocenters. The molecule has 0 heterocycles. The van der Waals surface area contributed by atoms with Crippen molar-refractivity contribution in [2.24, 2.45) is 0 Å². The first kappa shape index (κ1) is 11.4. The van der Waals surface area contributed by atoms with Crippen LogP contribution in [0.2, 0.25) is 5.02 Å². The Balaban J connectivity index is 2.57. The fraction of sp³-hybridized carbons (Fsp3) is 0. The number of rotatable bonds is 2. The van der Waals surface area contributed by atoms with E-state index in [0.29, 0.717) is 10.6 Å². The summed E-state index contributed by atoms with van der Waals surface area (Å²) in [4.78, 5) is 10.8. The predicted octanol–water partition coefficient (Wildman–Crippen LogP) is 4.58. The molecular formula is C13H8BrClO. The summed E-state index contributed by atoms with van der Waals surface area (Å²) in [5.74, 6) is 0. The lowest BCUT2D eigenvalue weighted by Gasteiger charge is -2.05. The van der Waals surface area contributed by atoms with Gasteiger partial charge in [-0.25, -0.2) is 0 Å². The molecule has 2 aromatic rings. The van der Waals surface area contributed by atoms with Gasteiger partial charge in [0.15, 0.2) is 6.29 Å². The quantitative estimate of drug-likeness (QED) is 0.741. The van der Waals surface area contributed by atoms with E-state index in [0.717, 1.165) is 21.9 Å². The lowest BCUT2D eigenvalue weighted by atomic mass is 10.0. The van der Waals surface area contributed by atoms with Gasteiger partial charge in [-0.3, -0.25) is 4.79 Å². The van der Waals surface area contributed by atoms with Crippen LogP contribution in [0.1, 0.15) is 10.4 Å². The van der Waals surface area contributed by atoms with Crippen LogP contribution in [-0.4, -0.2) is 6.29 Å². The van der Waals surface area contributed by atoms with Crippen LogP contribution in [0, 0.1) is 0 Å². The molecule has 3 heteroatoms. The van der Waals surface area contributed by atoms with Crippen LogP contribution >= 0.6 is 27.5 Å². The van der Waals surface area contributed by atoms with Gasteiger partial charge in [0, 0.05) is 10.0 Å². The van der Waals surface area contributed by atoms with E-state index in [1.54, 1.807) is 12.1 Å². The summed E-state index contributed by atoms with van der Waals surface area (Å²) < 4.78 is 0.995. The molecule has 16 heavy (non-hydrogen) atoms. The zero-order valence-corrected chi connectivity index (χ0v) is 10.6. The summed E-state index contributed by atoms with van der Waals surface area (Å²) in [6.07, 6.45) is 0.767. The van der Waals surface area contributed by atoms with Gasteiger partial charge in [0.25, 0.3) is 0 Å². The van der Waals surface area contributed by atoms with E-state index in [1.165, 1.54) is 0 Å². The minimum absolute atomic E-state index is 0.478. The van der Waals surface area contributed by atoms with Gasteiger partial charge < -0.3 is 0 Å². The lowest BCUT2D eigenvalue weighted by molar-refractivity contribution is 0.112. The molecule has 0 saturated heterocycles. The Morgan fingerprint density at radius 2 is 1.88 bits per heavy atom. The molecular weight excluding hydrogens is 287 g/mol. The van der Waals surface area contributed by atoms with Gasteiger partial charge >= 0.3 is 0 Å². The fourth-order valence-corrected chi connectivity index (χ4v) is 2.17. The zero-order valence-electron chi connectivity index (χ0n) is 8.28. The van der Waals surface area contributed by atoms with Crippen molar-refractivity contribution in [3.8, 4) is 11.1 Å². The molecule has 0 radical (unpaired) electrons. The van der Waals surface area contributed by atoms with Gasteiger partial charge in [0.05, 0.1) is 5.02 Å². The SMILES string of the molecule is O=Cc1cc(-c2ccccc2Br)ccc1Cl. The Bertz CT molecular complexity index is 537. The van der Waals surface area contributed by atoms with E-state index in [9.17, 15) is 4.79 Å². The van der Waals surface area contributed by atoms with E-state index in [-0.39, 0.29) is 0 Å². The number of carbonyl (C=O) groups excluding carboxylic acids is 1. The van der Waals surface area contributed by atoms with Crippen LogP contribution in [0.25, 0.3) is 11.1 Å². The molecule has 2 aromatic carbocycles. The normalized spacial score (nSPS) is 10.1. The molecule has 0 amide bonds. The van der Waals surface area contributed by atoms with Crippen molar-refractivity contribution in [1.82, 2.24) is 0 Å². The first-order valence-electron chi connectivity index (χ1n) is 4.72. The number of hydrogen-bond acceptors (Lipinski definition) is 1. The summed E-state index contributed by atoms with van der Waals surface area (Å²) in [5.41, 5.74) is 2.52. The van der Waals surface area contributed by atoms with Crippen molar-refractivity contribution >= 4 is 33.8 Å². The number of aldehydes is 1. The Hall–Kier alpha value is -1.12. The Labute approximate surface area is 107 Å². The fourth-order valence-electron chi connectivity index (χ4n) is 1.50. The molecule has 0 unspecified atom stereocenters. The van der Waals surface area contributed by atoms with E-state index in [1.807, 2.05) is 30.3 Å². The van der Waals surface area contributed by atoms with Crippen molar-refractivity contribution < 1.29 is 4.79 Å². The standard InChI is InChI=1S/C13H8BrClO/c14-12-4-2-1-3-11(12)9-5-6-13(15)10(7-9)8-16/h1-8H. The number of carbonyl (C=O) groups is 1. The van der Waals surface area contributed by atoms with Crippen molar-refractivity contribution in [2.45, 2.75) is 0 Å². The van der Waals surface area contributed by atoms with Gasteiger partial charge in [-0.15, -0.1) is 0 Å². The van der Waals surface area contributed by atoms with Gasteiger partial charge in [-0.1, -0.05) is 51.8 Å². The summed E-state index contributed by atoms with van der Waals surface area (Å²) in [5, 5.41) is 0.478. The first-order valence-corrected chi connectivity index (χ1v) is 5.89. The third-order valence-electron chi connectivity index (χ3n) is 2.31. The molecule has 0 saturated carbocycles. The van der Waals surface area contributed by atoms with Crippen LogP contribution in [-0.2, 0) is 0 Å². The molecule has 1 nitrogen and oxygen atoms in total. The van der Waals surface area contributed by atoms with Crippen molar-refractivity contribution in [2.75, 3.05) is 0 Å². The van der Waals surface area contributed by atoms with Gasteiger partial charge in [0.1, 0.15) is 0 Å². The van der Waals surface area contributed by atoms with Crippen LogP contribution in [0.4, 0.5) is 0 Å². The lowest BCUT2D eigenvalue weighted by Crippen LogP contribution is -1.85. The highest BCUT2D eigenvalue weighted by Crippen LogP contribution is 2.30. The molecule has 0 N–H and O–H groups in total. The maximum Gasteiger partial charge on any atom is 0.151 e. The molecule has 0 aliphatic rings. The summed E-state index contributed by atoms with van der Waals surface area (Å²) >= 11 is 9.36. The maximum atomic E-state index is 10.8. The third-order valence-corrected chi connectivity index (χ3v) is 3.34. The Morgan fingerprint density at radius 3 is 2.56 bits per heavy atom. The van der Waals surface area contributed by atoms with Crippen LogP contribution in [0.5, 0.6) is 0 Å². The van der Waals surface area contributed by atoms with E-state index in [4.69, 9.17) is 11.6 Å². The van der Waals surface area contributed by atoms with Crippen LogP contribution in [0.3, 0.4) is 0 Å². The predicted molar refractivity (Wildman–Crippen MR) is 70.0 cm³/mol. The molecule has 2 rings (SSSR count). The highest BCUT2D eigenvalue weighted by atomic mass is 79.9. The topological polar surface area (TPSA) is 17.1 Å². The van der Waals surface area contributed by atoms with Crippen molar-refractivity contribution in [1.29, 1.82) is 0 Å². The Morgan fingerprint density at radius 1 is 1.12 bits per heavy atom. The minimum Gasteiger partial charge on any atom is -0.298 e. The summed E-state index contributed by atoms with van der Waals surface area (Å²) in [6.45, 7) is 0. The van der Waals surface area contributed by atoms with Crippen molar-refractivity contribution in [3.05, 3.63) is 57.5 Å². The number of halogens is 2. The van der Waals surface area contributed by atoms with E-state index < -0.39 is 0 Å². The third kappa shape index (κ3) is 2.18. The summed E-state index contributed by atoms with van der Waals surface area (Å²) in [7, 11) is 0. The molecule has 80 valence electrons. The average Bonchev–Trinajstić information content (AvgIpc) is 2.31. The molecule has 0 aliphatic heterocycles. The molecule has 0 fully saturated rings. The van der Waals surface area contributed by atoms with Gasteiger partial charge in [-0.2, -0.15) is 0 Å².